The molecule has 0 amide bonds. The molecule has 0 heterocycles. The van der Waals surface area contributed by atoms with E-state index in [4.69, 9.17) is 0 Å². The van der Waals surface area contributed by atoms with Crippen molar-refractivity contribution in [1.29, 1.82) is 0 Å². The number of hydrogen-bond acceptors (Lipinski definition) is 1. The number of alkyl halides is 1. The molecule has 148 valence electrons. The lowest BCUT2D eigenvalue weighted by Crippen LogP contribution is -2.08. The lowest BCUT2D eigenvalue weighted by molar-refractivity contribution is 0.308. The Labute approximate surface area is 175 Å². The molecule has 2 heteroatoms. The van der Waals surface area contributed by atoms with Gasteiger partial charge in [-0.3, -0.25) is 0 Å². The topological polar surface area (TPSA) is 20.2 Å². The van der Waals surface area contributed by atoms with Crippen LogP contribution in [0.1, 0.15) is 103 Å². The number of unbranched alkanes of at least 4 members (excludes halogenated alkanes) is 4. The number of aromatic hydroxyl groups is 1. The molecule has 0 bridgehead atoms. The van der Waals surface area contributed by atoms with Gasteiger partial charge >= 0.3 is 0 Å². The van der Waals surface area contributed by atoms with E-state index >= 15 is 0 Å². The molecule has 1 aliphatic carbocycles. The zero-order valence-corrected chi connectivity index (χ0v) is 19.4. The molecule has 1 N–H and O–H groups in total. The summed E-state index contributed by atoms with van der Waals surface area (Å²) in [5.41, 5.74) is 2.80. The first kappa shape index (κ1) is 22.0. The fourth-order valence-corrected chi connectivity index (χ4v) is 4.29. The largest absolute Gasteiger partial charge is 0.507 e. The van der Waals surface area contributed by atoms with Crippen LogP contribution in [0.25, 0.3) is 0 Å². The summed E-state index contributed by atoms with van der Waals surface area (Å²) < 4.78 is 0.659. The first-order valence-electron chi connectivity index (χ1n) is 10.8. The van der Waals surface area contributed by atoms with Crippen molar-refractivity contribution in [3.63, 3.8) is 0 Å². The summed E-state index contributed by atoms with van der Waals surface area (Å²) in [7, 11) is 0. The van der Waals surface area contributed by atoms with Gasteiger partial charge < -0.3 is 5.11 Å². The van der Waals surface area contributed by atoms with E-state index in [1.54, 1.807) is 0 Å². The normalized spacial score (nSPS) is 16.0. The van der Waals surface area contributed by atoms with Crippen molar-refractivity contribution < 1.29 is 5.11 Å². The van der Waals surface area contributed by atoms with Gasteiger partial charge in [0.05, 0.1) is 0 Å². The van der Waals surface area contributed by atoms with Gasteiger partial charge in [0.25, 0.3) is 0 Å². The third kappa shape index (κ3) is 7.78. The van der Waals surface area contributed by atoms with Gasteiger partial charge in [-0.15, -0.1) is 0 Å². The number of phenols is 1. The highest BCUT2D eigenvalue weighted by Crippen LogP contribution is 2.49. The summed E-state index contributed by atoms with van der Waals surface area (Å²) in [5.74, 6) is 0.578. The molecular weight excluding hydrogens is 431 g/mol. The Kier molecular flexibility index (Phi) is 8.76. The molecule has 0 saturated heterocycles. The maximum Gasteiger partial charge on any atom is 0.121 e. The molecule has 0 aromatic heterocycles. The van der Waals surface area contributed by atoms with Crippen LogP contribution in [0.15, 0.2) is 18.2 Å². The molecule has 1 nitrogen and oxygen atoms in total. The summed E-state index contributed by atoms with van der Waals surface area (Å²) in [6.07, 6.45) is 16.5. The number of hydrogen-bond donors (Lipinski definition) is 1. The van der Waals surface area contributed by atoms with Crippen LogP contribution in [-0.4, -0.2) is 8.53 Å². The molecule has 1 aromatic carbocycles. The standard InChI is InChI=1S/C24H39IO/c1-4-23(2,3)16-9-5-7-12-20-14-11-15-21(22(20)26)13-8-6-10-17-24(25)18-19-24/h11,14-15,26H,4-10,12-13,16-19H2,1-3H3. The van der Waals surface area contributed by atoms with E-state index in [1.807, 2.05) is 0 Å². The molecule has 0 spiro atoms. The minimum atomic E-state index is 0.485. The van der Waals surface area contributed by atoms with Crippen molar-refractivity contribution >= 4 is 22.6 Å². The Morgan fingerprint density at radius 1 is 0.962 bits per heavy atom. The molecule has 1 aliphatic rings. The fourth-order valence-electron chi connectivity index (χ4n) is 3.64. The molecule has 0 unspecified atom stereocenters. The van der Waals surface area contributed by atoms with Gasteiger partial charge in [0.1, 0.15) is 5.75 Å². The van der Waals surface area contributed by atoms with Crippen molar-refractivity contribution in [3.05, 3.63) is 29.3 Å². The van der Waals surface area contributed by atoms with E-state index < -0.39 is 0 Å². The second kappa shape index (κ2) is 10.3. The minimum Gasteiger partial charge on any atom is -0.507 e. The van der Waals surface area contributed by atoms with Gasteiger partial charge in [0.2, 0.25) is 0 Å². The SMILES string of the molecule is CCC(C)(C)CCCCCc1cccc(CCCCCC2(I)CC2)c1O. The van der Waals surface area contributed by atoms with Crippen molar-refractivity contribution in [2.45, 2.75) is 108 Å². The molecule has 0 atom stereocenters. The van der Waals surface area contributed by atoms with Crippen LogP contribution in [0.3, 0.4) is 0 Å². The van der Waals surface area contributed by atoms with Crippen LogP contribution >= 0.6 is 22.6 Å². The Balaban J connectivity index is 1.66. The average Bonchev–Trinajstić information content (AvgIpc) is 3.34. The van der Waals surface area contributed by atoms with Crippen LogP contribution in [0.5, 0.6) is 5.75 Å². The predicted octanol–water partition coefficient (Wildman–Crippen LogP) is 8.00. The number of halogens is 1. The Morgan fingerprint density at radius 2 is 1.54 bits per heavy atom. The number of benzene rings is 1. The van der Waals surface area contributed by atoms with Crippen LogP contribution in [0, 0.1) is 5.41 Å². The molecule has 0 radical (unpaired) electrons. The van der Waals surface area contributed by atoms with Crippen molar-refractivity contribution in [1.82, 2.24) is 0 Å². The van der Waals surface area contributed by atoms with Crippen molar-refractivity contribution in [3.8, 4) is 5.75 Å². The molecule has 1 aromatic rings. The Hall–Kier alpha value is -0.250. The minimum absolute atomic E-state index is 0.485. The van der Waals surface area contributed by atoms with Gasteiger partial charge in [-0.2, -0.15) is 0 Å². The quantitative estimate of drug-likeness (QED) is 0.176. The predicted molar refractivity (Wildman–Crippen MR) is 123 cm³/mol. The van der Waals surface area contributed by atoms with Crippen LogP contribution in [-0.2, 0) is 12.8 Å². The molecule has 1 saturated carbocycles. The van der Waals surface area contributed by atoms with Gasteiger partial charge in [-0.05, 0) is 67.9 Å². The smallest absolute Gasteiger partial charge is 0.121 e. The first-order chi connectivity index (χ1) is 12.4. The maximum atomic E-state index is 10.6. The summed E-state index contributed by atoms with van der Waals surface area (Å²) in [6.45, 7) is 7.02. The zero-order chi connectivity index (χ0) is 19.0. The highest BCUT2D eigenvalue weighted by atomic mass is 127. The van der Waals surface area contributed by atoms with Gasteiger partial charge in [-0.25, -0.2) is 0 Å². The number of rotatable bonds is 13. The number of phenolic OH excluding ortho intramolecular Hbond substituents is 1. The van der Waals surface area contributed by atoms with Crippen molar-refractivity contribution in [2.24, 2.45) is 5.41 Å². The van der Waals surface area contributed by atoms with E-state index in [2.05, 4.69) is 61.6 Å². The van der Waals surface area contributed by atoms with Gasteiger partial charge in [0.15, 0.2) is 0 Å². The van der Waals surface area contributed by atoms with Gasteiger partial charge in [-0.1, -0.05) is 93.7 Å². The Bertz CT molecular complexity index is 545. The lowest BCUT2D eigenvalue weighted by Gasteiger charge is -2.22. The summed E-state index contributed by atoms with van der Waals surface area (Å²) >= 11 is 2.65. The molecule has 1 fully saturated rings. The second-order valence-electron chi connectivity index (χ2n) is 9.21. The van der Waals surface area contributed by atoms with Crippen LogP contribution in [0.2, 0.25) is 0 Å². The van der Waals surface area contributed by atoms with E-state index in [9.17, 15) is 5.11 Å². The monoisotopic (exact) mass is 470 g/mol. The van der Waals surface area contributed by atoms with Crippen molar-refractivity contribution in [2.75, 3.05) is 0 Å². The van der Waals surface area contributed by atoms with E-state index in [0.717, 1.165) is 24.0 Å². The van der Waals surface area contributed by atoms with E-state index in [0.29, 0.717) is 14.6 Å². The Morgan fingerprint density at radius 3 is 2.08 bits per heavy atom. The average molecular weight is 470 g/mol. The third-order valence-corrected chi connectivity index (χ3v) is 7.94. The number of para-hydroxylation sites is 1. The van der Waals surface area contributed by atoms with Crippen LogP contribution < -0.4 is 0 Å². The molecular formula is C24H39IO. The van der Waals surface area contributed by atoms with E-state index in [1.165, 1.54) is 70.6 Å². The summed E-state index contributed by atoms with van der Waals surface area (Å²) in [5, 5.41) is 10.6. The second-order valence-corrected chi connectivity index (χ2v) is 11.5. The summed E-state index contributed by atoms with van der Waals surface area (Å²) in [6, 6.07) is 6.36. The summed E-state index contributed by atoms with van der Waals surface area (Å²) in [4.78, 5) is 0. The van der Waals surface area contributed by atoms with E-state index in [-0.39, 0.29) is 0 Å². The van der Waals surface area contributed by atoms with Crippen LogP contribution in [0.4, 0.5) is 0 Å². The number of aryl methyl sites for hydroxylation is 2. The first-order valence-corrected chi connectivity index (χ1v) is 11.9. The molecule has 0 aliphatic heterocycles. The molecule has 2 rings (SSSR count). The third-order valence-electron chi connectivity index (χ3n) is 6.32. The highest BCUT2D eigenvalue weighted by molar-refractivity contribution is 14.1. The zero-order valence-electron chi connectivity index (χ0n) is 17.2. The lowest BCUT2D eigenvalue weighted by atomic mass is 9.84. The molecule has 26 heavy (non-hydrogen) atoms. The van der Waals surface area contributed by atoms with Gasteiger partial charge in [0, 0.05) is 3.42 Å². The fraction of sp³-hybridized carbons (Fsp3) is 0.750. The highest BCUT2D eigenvalue weighted by Gasteiger charge is 2.38. The maximum absolute atomic E-state index is 10.6.